The van der Waals surface area contributed by atoms with Crippen LogP contribution in [0.5, 0.6) is 0 Å². The number of benzene rings is 2. The highest BCUT2D eigenvalue weighted by molar-refractivity contribution is 6.41. The summed E-state index contributed by atoms with van der Waals surface area (Å²) in [6, 6.07) is 16.8. The van der Waals surface area contributed by atoms with Gasteiger partial charge in [0, 0.05) is 6.42 Å². The Hall–Kier alpha value is -3.48. The molecule has 0 saturated carbocycles. The highest BCUT2D eigenvalue weighted by atomic mass is 16.5. The van der Waals surface area contributed by atoms with E-state index in [1.165, 1.54) is 0 Å². The van der Waals surface area contributed by atoms with Gasteiger partial charge in [-0.3, -0.25) is 14.4 Å². The van der Waals surface area contributed by atoms with Crippen molar-refractivity contribution in [3.05, 3.63) is 71.8 Å². The summed E-state index contributed by atoms with van der Waals surface area (Å²) in [6.45, 7) is 1.74. The van der Waals surface area contributed by atoms with Crippen molar-refractivity contribution in [2.24, 2.45) is 0 Å². The van der Waals surface area contributed by atoms with Crippen molar-refractivity contribution in [3.63, 3.8) is 0 Å². The first kappa shape index (κ1) is 21.8. The first-order valence-electron chi connectivity index (χ1n) is 9.23. The van der Waals surface area contributed by atoms with Crippen molar-refractivity contribution < 1.29 is 28.7 Å². The van der Waals surface area contributed by atoms with Crippen molar-refractivity contribution in [2.45, 2.75) is 32.4 Å². The van der Waals surface area contributed by atoms with E-state index >= 15 is 0 Å². The Labute approximate surface area is 169 Å². The zero-order valence-electron chi connectivity index (χ0n) is 16.1. The number of hydrogen-bond acceptors (Lipinski definition) is 6. The lowest BCUT2D eigenvalue weighted by atomic mass is 9.99. The number of esters is 1. The molecule has 1 amide bonds. The fraction of sp³-hybridized carbons (Fsp3) is 0.273. The Morgan fingerprint density at radius 1 is 0.862 bits per heavy atom. The second-order valence-corrected chi connectivity index (χ2v) is 6.22. The third kappa shape index (κ3) is 7.57. The number of carbonyl (C=O) groups is 4. The molecular formula is C22H23NO6. The highest BCUT2D eigenvalue weighted by Gasteiger charge is 2.29. The first-order chi connectivity index (χ1) is 14.0. The van der Waals surface area contributed by atoms with E-state index in [2.05, 4.69) is 5.32 Å². The summed E-state index contributed by atoms with van der Waals surface area (Å²) < 4.78 is 9.85. The van der Waals surface area contributed by atoms with Crippen LogP contribution in [0.15, 0.2) is 60.7 Å². The van der Waals surface area contributed by atoms with Crippen LogP contribution < -0.4 is 5.32 Å². The maximum Gasteiger partial charge on any atom is 0.408 e. The second-order valence-electron chi connectivity index (χ2n) is 6.22. The molecule has 2 aromatic rings. The van der Waals surface area contributed by atoms with Crippen molar-refractivity contribution in [1.29, 1.82) is 0 Å². The van der Waals surface area contributed by atoms with Crippen LogP contribution in [0.2, 0.25) is 0 Å². The van der Waals surface area contributed by atoms with Crippen LogP contribution >= 0.6 is 0 Å². The van der Waals surface area contributed by atoms with Crippen molar-refractivity contribution in [1.82, 2.24) is 5.32 Å². The van der Waals surface area contributed by atoms with E-state index in [4.69, 9.17) is 9.47 Å². The van der Waals surface area contributed by atoms with Gasteiger partial charge in [0.1, 0.15) is 19.1 Å². The SMILES string of the molecule is CCOC(=O)CC(=O)C(=O)C(Cc1ccccc1)NC(=O)OCc1ccccc1. The predicted octanol–water partition coefficient (Wildman–Crippen LogP) is 2.62. The third-order valence-corrected chi connectivity index (χ3v) is 3.99. The van der Waals surface area contributed by atoms with Gasteiger partial charge in [0.2, 0.25) is 11.6 Å². The monoisotopic (exact) mass is 397 g/mol. The molecule has 2 aromatic carbocycles. The molecular weight excluding hydrogens is 374 g/mol. The number of carbonyl (C=O) groups excluding carboxylic acids is 4. The molecule has 2 rings (SSSR count). The van der Waals surface area contributed by atoms with Crippen LogP contribution in [0, 0.1) is 0 Å². The Kier molecular flexibility index (Phi) is 8.56. The fourth-order valence-corrected chi connectivity index (χ4v) is 2.59. The summed E-state index contributed by atoms with van der Waals surface area (Å²) in [5.74, 6) is -2.58. The molecule has 7 heteroatoms. The summed E-state index contributed by atoms with van der Waals surface area (Å²) in [4.78, 5) is 48.4. The van der Waals surface area contributed by atoms with Gasteiger partial charge in [-0.15, -0.1) is 0 Å². The zero-order valence-corrected chi connectivity index (χ0v) is 16.1. The number of amides is 1. The maximum atomic E-state index is 12.6. The van der Waals surface area contributed by atoms with Gasteiger partial charge >= 0.3 is 12.1 Å². The molecule has 7 nitrogen and oxygen atoms in total. The molecule has 1 unspecified atom stereocenters. The number of Topliss-reactive ketones (excluding diaryl/α,β-unsaturated/α-hetero) is 2. The molecule has 152 valence electrons. The van der Waals surface area contributed by atoms with Gasteiger partial charge in [-0.25, -0.2) is 4.79 Å². The van der Waals surface area contributed by atoms with Crippen molar-refractivity contribution in [3.8, 4) is 0 Å². The molecule has 29 heavy (non-hydrogen) atoms. The van der Waals surface area contributed by atoms with E-state index in [-0.39, 0.29) is 19.6 Å². The van der Waals surface area contributed by atoms with Gasteiger partial charge in [0.25, 0.3) is 0 Å². The van der Waals surface area contributed by atoms with Crippen LogP contribution in [0.3, 0.4) is 0 Å². The van der Waals surface area contributed by atoms with Gasteiger partial charge in [-0.1, -0.05) is 60.7 Å². The Bertz CT molecular complexity index is 835. The normalized spacial score (nSPS) is 11.2. The minimum Gasteiger partial charge on any atom is -0.466 e. The van der Waals surface area contributed by atoms with Gasteiger partial charge < -0.3 is 14.8 Å². The lowest BCUT2D eigenvalue weighted by molar-refractivity contribution is -0.148. The van der Waals surface area contributed by atoms with Crippen LogP contribution in [-0.2, 0) is 36.9 Å². The topological polar surface area (TPSA) is 98.8 Å². The molecule has 0 radical (unpaired) electrons. The lowest BCUT2D eigenvalue weighted by Crippen LogP contribution is -2.46. The number of hydrogen-bond donors (Lipinski definition) is 1. The molecule has 0 saturated heterocycles. The first-order valence-corrected chi connectivity index (χ1v) is 9.23. The van der Waals surface area contributed by atoms with E-state index in [1.807, 2.05) is 24.3 Å². The summed E-state index contributed by atoms with van der Waals surface area (Å²) in [7, 11) is 0. The maximum absolute atomic E-state index is 12.6. The van der Waals surface area contributed by atoms with Crippen LogP contribution in [0.4, 0.5) is 4.79 Å². The number of alkyl carbamates (subject to hydrolysis) is 1. The number of ether oxygens (including phenoxy) is 2. The molecule has 1 atom stereocenters. The third-order valence-electron chi connectivity index (χ3n) is 3.99. The Morgan fingerprint density at radius 3 is 2.03 bits per heavy atom. The van der Waals surface area contributed by atoms with E-state index < -0.39 is 36.1 Å². The number of nitrogens with one attached hydrogen (secondary N) is 1. The fourth-order valence-electron chi connectivity index (χ4n) is 2.59. The Morgan fingerprint density at radius 2 is 1.45 bits per heavy atom. The molecule has 0 spiro atoms. The van der Waals surface area contributed by atoms with Gasteiger partial charge in [0.05, 0.1) is 6.61 Å². The van der Waals surface area contributed by atoms with Gasteiger partial charge in [-0.2, -0.15) is 0 Å². The summed E-state index contributed by atoms with van der Waals surface area (Å²) in [5, 5.41) is 2.44. The molecule has 0 aliphatic rings. The molecule has 0 bridgehead atoms. The van der Waals surface area contributed by atoms with E-state index in [0.717, 1.165) is 11.1 Å². The lowest BCUT2D eigenvalue weighted by Gasteiger charge is -2.17. The predicted molar refractivity (Wildman–Crippen MR) is 105 cm³/mol. The van der Waals surface area contributed by atoms with Gasteiger partial charge in [-0.05, 0) is 18.1 Å². The van der Waals surface area contributed by atoms with Crippen molar-refractivity contribution >= 4 is 23.6 Å². The van der Waals surface area contributed by atoms with Crippen molar-refractivity contribution in [2.75, 3.05) is 6.61 Å². The molecule has 1 N–H and O–H groups in total. The highest BCUT2D eigenvalue weighted by Crippen LogP contribution is 2.07. The quantitative estimate of drug-likeness (QED) is 0.376. The van der Waals surface area contributed by atoms with Crippen LogP contribution in [0.1, 0.15) is 24.5 Å². The average Bonchev–Trinajstić information content (AvgIpc) is 2.73. The Balaban J connectivity index is 2.03. The molecule has 0 aliphatic carbocycles. The number of ketones is 2. The molecule has 0 heterocycles. The minimum atomic E-state index is -1.15. The van der Waals surface area contributed by atoms with E-state index in [1.54, 1.807) is 43.3 Å². The average molecular weight is 397 g/mol. The summed E-state index contributed by atoms with van der Waals surface area (Å²) in [6.07, 6.45) is -1.40. The van der Waals surface area contributed by atoms with E-state index in [9.17, 15) is 19.2 Å². The molecule has 0 aromatic heterocycles. The minimum absolute atomic E-state index is 0.0235. The molecule has 0 fully saturated rings. The van der Waals surface area contributed by atoms with E-state index in [0.29, 0.717) is 0 Å². The van der Waals surface area contributed by atoms with Crippen LogP contribution in [0.25, 0.3) is 0 Å². The summed E-state index contributed by atoms with van der Waals surface area (Å²) >= 11 is 0. The van der Waals surface area contributed by atoms with Crippen LogP contribution in [-0.4, -0.2) is 36.3 Å². The zero-order chi connectivity index (χ0) is 21.1. The number of rotatable bonds is 10. The largest absolute Gasteiger partial charge is 0.466 e. The second kappa shape index (κ2) is 11.4. The smallest absolute Gasteiger partial charge is 0.408 e. The summed E-state index contributed by atoms with van der Waals surface area (Å²) in [5.41, 5.74) is 1.53. The van der Waals surface area contributed by atoms with Gasteiger partial charge in [0.15, 0.2) is 0 Å². The standard InChI is InChI=1S/C22H23NO6/c1-2-28-20(25)14-19(24)21(26)18(13-16-9-5-3-6-10-16)23-22(27)29-15-17-11-7-4-8-12-17/h3-12,18H,2,13-15H2,1H3,(H,23,27). The molecule has 0 aliphatic heterocycles.